The second-order valence-electron chi connectivity index (χ2n) is 9.36. The SMILES string of the molecule is COc1ccc(C(=O)Oc2ccc(Br)cc2/C=N/NC(=O)CC(=O)N/N=C/c2cc(Br)ccc2OC(=O)c2ccc(OC)cc2)cc1. The van der Waals surface area contributed by atoms with Gasteiger partial charge in [0.15, 0.2) is 0 Å². The summed E-state index contributed by atoms with van der Waals surface area (Å²) < 4.78 is 22.6. The van der Waals surface area contributed by atoms with Crippen LogP contribution in [0.4, 0.5) is 0 Å². The smallest absolute Gasteiger partial charge is 0.343 e. The number of hydrogen-bond acceptors (Lipinski definition) is 10. The highest BCUT2D eigenvalue weighted by Gasteiger charge is 2.14. The molecule has 4 rings (SSSR count). The molecule has 2 amide bonds. The van der Waals surface area contributed by atoms with E-state index in [-0.39, 0.29) is 11.5 Å². The number of amides is 2. The van der Waals surface area contributed by atoms with Crippen molar-refractivity contribution in [3.05, 3.63) is 116 Å². The molecule has 0 heterocycles. The van der Waals surface area contributed by atoms with Gasteiger partial charge in [-0.05, 0) is 84.9 Å². The number of hydrogen-bond donors (Lipinski definition) is 2. The third-order valence-corrected chi connectivity index (χ3v) is 7.09. The number of halogens is 2. The number of hydrazone groups is 2. The first-order valence-corrected chi connectivity index (χ1v) is 15.2. The molecule has 0 unspecified atom stereocenters. The highest BCUT2D eigenvalue weighted by molar-refractivity contribution is 9.10. The summed E-state index contributed by atoms with van der Waals surface area (Å²) >= 11 is 6.70. The zero-order chi connectivity index (χ0) is 33.8. The number of rotatable bonds is 12. The van der Waals surface area contributed by atoms with Crippen LogP contribution in [0, 0.1) is 0 Å². The van der Waals surface area contributed by atoms with Crippen molar-refractivity contribution >= 4 is 68.0 Å². The van der Waals surface area contributed by atoms with Gasteiger partial charge in [0.25, 0.3) is 0 Å². The Hall–Kier alpha value is -5.34. The Morgan fingerprint density at radius 1 is 0.617 bits per heavy atom. The number of carbonyl (C=O) groups is 4. The first kappa shape index (κ1) is 34.5. The molecule has 0 aliphatic heterocycles. The van der Waals surface area contributed by atoms with E-state index in [2.05, 4.69) is 52.9 Å². The Balaban J connectivity index is 1.31. The lowest BCUT2D eigenvalue weighted by Gasteiger charge is -2.09. The molecule has 12 nitrogen and oxygen atoms in total. The summed E-state index contributed by atoms with van der Waals surface area (Å²) in [5, 5.41) is 7.76. The van der Waals surface area contributed by atoms with E-state index < -0.39 is 30.2 Å². The molecular formula is C33H26Br2N4O8. The highest BCUT2D eigenvalue weighted by atomic mass is 79.9. The molecule has 0 saturated heterocycles. The van der Waals surface area contributed by atoms with Crippen molar-refractivity contribution in [1.29, 1.82) is 0 Å². The van der Waals surface area contributed by atoms with Gasteiger partial charge in [-0.25, -0.2) is 20.4 Å². The third kappa shape index (κ3) is 10.3. The lowest BCUT2D eigenvalue weighted by Crippen LogP contribution is -2.27. The van der Waals surface area contributed by atoms with Crippen LogP contribution < -0.4 is 29.8 Å². The van der Waals surface area contributed by atoms with Crippen LogP contribution in [0.5, 0.6) is 23.0 Å². The van der Waals surface area contributed by atoms with E-state index in [1.165, 1.54) is 26.6 Å². The Labute approximate surface area is 286 Å². The Kier molecular flexibility index (Phi) is 12.4. The fourth-order valence-corrected chi connectivity index (χ4v) is 4.53. The lowest BCUT2D eigenvalue weighted by molar-refractivity contribution is -0.129. The summed E-state index contributed by atoms with van der Waals surface area (Å²) in [5.74, 6) is -1.07. The van der Waals surface area contributed by atoms with E-state index in [9.17, 15) is 19.2 Å². The van der Waals surface area contributed by atoms with Gasteiger partial charge in [0.1, 0.15) is 29.4 Å². The van der Waals surface area contributed by atoms with E-state index in [1.807, 2.05) is 0 Å². The van der Waals surface area contributed by atoms with Crippen molar-refractivity contribution in [2.45, 2.75) is 6.42 Å². The van der Waals surface area contributed by atoms with E-state index in [0.717, 1.165) is 0 Å². The van der Waals surface area contributed by atoms with Gasteiger partial charge in [-0.3, -0.25) is 9.59 Å². The number of ether oxygens (including phenoxy) is 4. The monoisotopic (exact) mass is 764 g/mol. The lowest BCUT2D eigenvalue weighted by atomic mass is 10.2. The van der Waals surface area contributed by atoms with E-state index >= 15 is 0 Å². The predicted molar refractivity (Wildman–Crippen MR) is 180 cm³/mol. The standard InChI is InChI=1S/C33H26Br2N4O8/c1-44-26-9-3-20(4-10-26)32(42)46-28-13-7-24(34)15-22(28)18-36-38-30(40)17-31(41)39-37-19-23-16-25(35)8-14-29(23)47-33(43)21-5-11-27(45-2)12-6-21/h3-16,18-19H,17H2,1-2H3,(H,38,40)(H,39,41)/b36-18+,37-19+. The second kappa shape index (κ2) is 16.8. The molecule has 4 aromatic rings. The van der Waals surface area contributed by atoms with Crippen LogP contribution in [0.3, 0.4) is 0 Å². The van der Waals surface area contributed by atoms with Gasteiger partial charge in [-0.2, -0.15) is 10.2 Å². The number of nitrogens with zero attached hydrogens (tertiary/aromatic N) is 2. The van der Waals surface area contributed by atoms with E-state index in [1.54, 1.807) is 84.9 Å². The fourth-order valence-electron chi connectivity index (χ4n) is 3.77. The average molecular weight is 766 g/mol. The van der Waals surface area contributed by atoms with Crippen LogP contribution >= 0.6 is 31.9 Å². The molecule has 0 atom stereocenters. The number of esters is 2. The van der Waals surface area contributed by atoms with Crippen molar-refractivity contribution in [3.63, 3.8) is 0 Å². The number of carbonyl (C=O) groups excluding carboxylic acids is 4. The maximum Gasteiger partial charge on any atom is 0.343 e. The Morgan fingerprint density at radius 3 is 1.36 bits per heavy atom. The van der Waals surface area contributed by atoms with Crippen LogP contribution in [-0.2, 0) is 9.59 Å². The zero-order valence-electron chi connectivity index (χ0n) is 24.9. The highest BCUT2D eigenvalue weighted by Crippen LogP contribution is 2.25. The molecule has 0 spiro atoms. The molecule has 0 aliphatic carbocycles. The summed E-state index contributed by atoms with van der Waals surface area (Å²) in [6.07, 6.45) is 1.96. The van der Waals surface area contributed by atoms with Crippen LogP contribution in [0.25, 0.3) is 0 Å². The fraction of sp³-hybridized carbons (Fsp3) is 0.0909. The molecule has 0 fully saturated rings. The predicted octanol–water partition coefficient (Wildman–Crippen LogP) is 5.66. The van der Waals surface area contributed by atoms with Gasteiger partial charge in [0, 0.05) is 20.1 Å². The molecule has 14 heteroatoms. The van der Waals surface area contributed by atoms with Crippen LogP contribution in [0.1, 0.15) is 38.3 Å². The number of nitrogens with one attached hydrogen (secondary N) is 2. The van der Waals surface area contributed by atoms with Crippen molar-refractivity contribution in [2.24, 2.45) is 10.2 Å². The number of benzene rings is 4. The summed E-state index contributed by atoms with van der Waals surface area (Å²) in [7, 11) is 3.04. The van der Waals surface area contributed by atoms with Gasteiger partial charge in [-0.15, -0.1) is 0 Å². The molecule has 0 bridgehead atoms. The molecule has 4 aromatic carbocycles. The minimum Gasteiger partial charge on any atom is -0.497 e. The van der Waals surface area contributed by atoms with Crippen molar-refractivity contribution in [1.82, 2.24) is 10.9 Å². The normalized spacial score (nSPS) is 10.8. The first-order chi connectivity index (χ1) is 22.6. The Morgan fingerprint density at radius 2 is 1.00 bits per heavy atom. The zero-order valence-corrected chi connectivity index (χ0v) is 28.0. The maximum absolute atomic E-state index is 12.6. The average Bonchev–Trinajstić information content (AvgIpc) is 3.07. The van der Waals surface area contributed by atoms with Gasteiger partial charge < -0.3 is 18.9 Å². The minimum atomic E-state index is -0.725. The van der Waals surface area contributed by atoms with Gasteiger partial charge in [0.05, 0.1) is 37.8 Å². The Bertz CT molecular complexity index is 1690. The van der Waals surface area contributed by atoms with Crippen molar-refractivity contribution in [2.75, 3.05) is 14.2 Å². The summed E-state index contributed by atoms with van der Waals surface area (Å²) in [6, 6.07) is 22.6. The second-order valence-corrected chi connectivity index (χ2v) is 11.2. The summed E-state index contributed by atoms with van der Waals surface area (Å²) in [5.41, 5.74) is 5.89. The molecule has 2 N–H and O–H groups in total. The topological polar surface area (TPSA) is 154 Å². The molecule has 0 radical (unpaired) electrons. The van der Waals surface area contributed by atoms with Crippen LogP contribution in [0.15, 0.2) is 104 Å². The third-order valence-electron chi connectivity index (χ3n) is 6.11. The molecule has 240 valence electrons. The molecule has 47 heavy (non-hydrogen) atoms. The quantitative estimate of drug-likeness (QED) is 0.0617. The molecule has 0 aliphatic rings. The van der Waals surface area contributed by atoms with Gasteiger partial charge in [0.2, 0.25) is 11.8 Å². The van der Waals surface area contributed by atoms with E-state index in [4.69, 9.17) is 18.9 Å². The summed E-state index contributed by atoms with van der Waals surface area (Å²) in [4.78, 5) is 49.9. The minimum absolute atomic E-state index is 0.195. The first-order valence-electron chi connectivity index (χ1n) is 13.6. The van der Waals surface area contributed by atoms with Crippen LogP contribution in [0.2, 0.25) is 0 Å². The van der Waals surface area contributed by atoms with E-state index in [0.29, 0.717) is 42.7 Å². The van der Waals surface area contributed by atoms with Gasteiger partial charge in [-0.1, -0.05) is 31.9 Å². The largest absolute Gasteiger partial charge is 0.497 e. The molecular weight excluding hydrogens is 740 g/mol. The van der Waals surface area contributed by atoms with Crippen molar-refractivity contribution in [3.8, 4) is 23.0 Å². The maximum atomic E-state index is 12.6. The summed E-state index contributed by atoms with van der Waals surface area (Å²) in [6.45, 7) is 0. The number of methoxy groups -OCH3 is 2. The van der Waals surface area contributed by atoms with Gasteiger partial charge >= 0.3 is 11.9 Å². The van der Waals surface area contributed by atoms with Crippen molar-refractivity contribution < 1.29 is 38.1 Å². The molecule has 0 saturated carbocycles. The van der Waals surface area contributed by atoms with Crippen LogP contribution in [-0.4, -0.2) is 50.4 Å². The molecule has 0 aromatic heterocycles.